The van der Waals surface area contributed by atoms with Gasteiger partial charge in [0, 0.05) is 17.8 Å². The summed E-state index contributed by atoms with van der Waals surface area (Å²) < 4.78 is 0. The zero-order chi connectivity index (χ0) is 22.9. The van der Waals surface area contributed by atoms with E-state index in [4.69, 9.17) is 0 Å². The smallest absolute Gasteiger partial charge is 0.264 e. The molecule has 2 aliphatic heterocycles. The molecule has 32 heavy (non-hydrogen) atoms. The predicted molar refractivity (Wildman–Crippen MR) is 138 cm³/mol. The van der Waals surface area contributed by atoms with Crippen molar-refractivity contribution in [1.82, 2.24) is 5.32 Å². The molecular formula is C27H33N3OS. The lowest BCUT2D eigenvalue weighted by atomic mass is 9.79. The summed E-state index contributed by atoms with van der Waals surface area (Å²) in [4.78, 5) is 20.4. The van der Waals surface area contributed by atoms with E-state index in [2.05, 4.69) is 80.2 Å². The lowest BCUT2D eigenvalue weighted by Crippen LogP contribution is -2.48. The van der Waals surface area contributed by atoms with Gasteiger partial charge in [0.2, 0.25) is 0 Å². The number of anilines is 1. The molecule has 0 radical (unpaired) electrons. The molecular weight excluding hydrogens is 414 g/mol. The zero-order valence-electron chi connectivity index (χ0n) is 19.7. The lowest BCUT2D eigenvalue weighted by molar-refractivity contribution is -0.115. The summed E-state index contributed by atoms with van der Waals surface area (Å²) in [6, 6.07) is 14.8. The third-order valence-electron chi connectivity index (χ3n) is 6.38. The summed E-state index contributed by atoms with van der Waals surface area (Å²) in [5.41, 5.74) is 6.06. The third kappa shape index (κ3) is 4.63. The minimum atomic E-state index is -0.0848. The fourth-order valence-electron chi connectivity index (χ4n) is 4.80. The van der Waals surface area contributed by atoms with E-state index >= 15 is 0 Å². The zero-order valence-corrected chi connectivity index (χ0v) is 20.6. The maximum absolute atomic E-state index is 12.6. The van der Waals surface area contributed by atoms with Gasteiger partial charge in [0.15, 0.2) is 5.17 Å². The van der Waals surface area contributed by atoms with Gasteiger partial charge in [-0.1, -0.05) is 39.0 Å². The first kappa shape index (κ1) is 22.7. The summed E-state index contributed by atoms with van der Waals surface area (Å²) in [5, 5.41) is 3.54. The number of hydrogen-bond acceptors (Lipinski definition) is 4. The van der Waals surface area contributed by atoms with E-state index in [-0.39, 0.29) is 11.4 Å². The van der Waals surface area contributed by atoms with Gasteiger partial charge in [0.05, 0.1) is 10.6 Å². The normalized spacial score (nSPS) is 22.3. The Morgan fingerprint density at radius 1 is 1.19 bits per heavy atom. The Morgan fingerprint density at radius 3 is 2.62 bits per heavy atom. The van der Waals surface area contributed by atoms with E-state index in [1.54, 1.807) is 0 Å². The molecule has 1 amide bonds. The number of amidine groups is 1. The van der Waals surface area contributed by atoms with Crippen LogP contribution in [0.5, 0.6) is 0 Å². The first-order valence-electron chi connectivity index (χ1n) is 11.6. The Balaban J connectivity index is 1.58. The van der Waals surface area contributed by atoms with E-state index in [0.29, 0.717) is 16.0 Å². The van der Waals surface area contributed by atoms with Crippen LogP contribution < -0.4 is 10.2 Å². The molecule has 0 bridgehead atoms. The van der Waals surface area contributed by atoms with Gasteiger partial charge in [0.1, 0.15) is 0 Å². The van der Waals surface area contributed by atoms with Crippen LogP contribution in [0.3, 0.4) is 0 Å². The molecule has 0 aliphatic carbocycles. The van der Waals surface area contributed by atoms with Gasteiger partial charge in [0.25, 0.3) is 5.91 Å². The minimum absolute atomic E-state index is 0.0848. The molecule has 4 nitrogen and oxygen atoms in total. The predicted octanol–water partition coefficient (Wildman–Crippen LogP) is 6.64. The molecule has 1 fully saturated rings. The number of amides is 1. The van der Waals surface area contributed by atoms with Crippen molar-refractivity contribution in [3.8, 4) is 0 Å². The standard InChI is InChI=1S/C27H33N3OS/c1-6-14-30-23-13-10-20(15-22(23)18(3)17-27(30,4)5)16-24-25(31)29-26(32-24)28-21-11-8-19(7-2)9-12-21/h8-13,15-16,18H,6-7,14,17H2,1-5H3,(H,28,29,31)/b24-16+. The van der Waals surface area contributed by atoms with E-state index in [9.17, 15) is 4.79 Å². The second kappa shape index (κ2) is 9.14. The number of aryl methyl sites for hydroxylation is 1. The first-order valence-corrected chi connectivity index (χ1v) is 12.4. The number of nitrogens with zero attached hydrogens (tertiary/aromatic N) is 2. The number of aliphatic imine (C=N–C) groups is 1. The van der Waals surface area contributed by atoms with Crippen molar-refractivity contribution >= 4 is 40.3 Å². The topological polar surface area (TPSA) is 44.7 Å². The quantitative estimate of drug-likeness (QED) is 0.522. The van der Waals surface area contributed by atoms with E-state index in [1.807, 2.05) is 18.2 Å². The van der Waals surface area contributed by atoms with Crippen molar-refractivity contribution in [2.45, 2.75) is 65.3 Å². The Hall–Kier alpha value is -2.53. The molecule has 4 rings (SSSR count). The van der Waals surface area contributed by atoms with Gasteiger partial charge < -0.3 is 10.2 Å². The maximum atomic E-state index is 12.6. The van der Waals surface area contributed by atoms with Crippen LogP contribution in [0, 0.1) is 0 Å². The molecule has 1 N–H and O–H groups in total. The van der Waals surface area contributed by atoms with Crippen molar-refractivity contribution in [3.05, 3.63) is 64.1 Å². The van der Waals surface area contributed by atoms with Crippen LogP contribution in [0.15, 0.2) is 52.4 Å². The summed E-state index contributed by atoms with van der Waals surface area (Å²) in [7, 11) is 0. The van der Waals surface area contributed by atoms with Crippen LogP contribution in [0.25, 0.3) is 6.08 Å². The van der Waals surface area contributed by atoms with Gasteiger partial charge >= 0.3 is 0 Å². The van der Waals surface area contributed by atoms with E-state index in [1.165, 1.54) is 28.6 Å². The Bertz CT molecular complexity index is 1070. The average molecular weight is 448 g/mol. The summed E-state index contributed by atoms with van der Waals surface area (Å²) in [5.74, 6) is 0.401. The first-order chi connectivity index (χ1) is 15.3. The van der Waals surface area contributed by atoms with Crippen molar-refractivity contribution in [2.24, 2.45) is 4.99 Å². The number of carbonyl (C=O) groups excluding carboxylic acids is 1. The molecule has 2 aromatic carbocycles. The molecule has 1 atom stereocenters. The van der Waals surface area contributed by atoms with Gasteiger partial charge in [-0.2, -0.15) is 0 Å². The van der Waals surface area contributed by atoms with Crippen molar-refractivity contribution in [1.29, 1.82) is 0 Å². The molecule has 2 heterocycles. The van der Waals surface area contributed by atoms with Crippen LogP contribution in [0.1, 0.15) is 70.1 Å². The SMILES string of the molecule is CCCN1c2ccc(/C=C3/SC(=Nc4ccc(CC)cc4)NC3=O)cc2C(C)CC1(C)C. The summed E-state index contributed by atoms with van der Waals surface area (Å²) in [6.45, 7) is 12.4. The van der Waals surface area contributed by atoms with E-state index in [0.717, 1.165) is 37.1 Å². The number of hydrogen-bond donors (Lipinski definition) is 1. The highest BCUT2D eigenvalue weighted by Crippen LogP contribution is 2.44. The summed E-state index contributed by atoms with van der Waals surface area (Å²) in [6.07, 6.45) is 5.24. The van der Waals surface area contributed by atoms with Crippen LogP contribution in [-0.4, -0.2) is 23.2 Å². The fourth-order valence-corrected chi connectivity index (χ4v) is 5.64. The largest absolute Gasteiger partial charge is 0.366 e. The van der Waals surface area contributed by atoms with Gasteiger partial charge in [-0.15, -0.1) is 0 Å². The fraction of sp³-hybridized carbons (Fsp3) is 0.407. The van der Waals surface area contributed by atoms with Crippen LogP contribution in [0.2, 0.25) is 0 Å². The number of rotatable bonds is 5. The molecule has 5 heteroatoms. The molecule has 1 unspecified atom stereocenters. The number of nitrogens with one attached hydrogen (secondary N) is 1. The Labute approximate surface area is 196 Å². The minimum Gasteiger partial charge on any atom is -0.366 e. The molecule has 2 aromatic rings. The maximum Gasteiger partial charge on any atom is 0.264 e. The lowest BCUT2D eigenvalue weighted by Gasteiger charge is -2.47. The molecule has 168 valence electrons. The van der Waals surface area contributed by atoms with Crippen LogP contribution in [-0.2, 0) is 11.2 Å². The van der Waals surface area contributed by atoms with Gasteiger partial charge in [-0.3, -0.25) is 4.79 Å². The molecule has 2 aliphatic rings. The molecule has 0 aromatic heterocycles. The number of thioether (sulfide) groups is 1. The third-order valence-corrected chi connectivity index (χ3v) is 7.29. The molecule has 0 saturated carbocycles. The highest BCUT2D eigenvalue weighted by molar-refractivity contribution is 8.18. The second-order valence-electron chi connectivity index (χ2n) is 9.39. The number of carbonyl (C=O) groups is 1. The Morgan fingerprint density at radius 2 is 1.94 bits per heavy atom. The highest BCUT2D eigenvalue weighted by Gasteiger charge is 2.35. The number of benzene rings is 2. The van der Waals surface area contributed by atoms with E-state index < -0.39 is 0 Å². The van der Waals surface area contributed by atoms with Crippen LogP contribution in [0.4, 0.5) is 11.4 Å². The van der Waals surface area contributed by atoms with Crippen LogP contribution >= 0.6 is 11.8 Å². The highest BCUT2D eigenvalue weighted by atomic mass is 32.2. The molecule has 0 spiro atoms. The average Bonchev–Trinajstić information content (AvgIpc) is 3.10. The monoisotopic (exact) mass is 447 g/mol. The second-order valence-corrected chi connectivity index (χ2v) is 10.4. The molecule has 1 saturated heterocycles. The number of fused-ring (bicyclic) bond motifs is 1. The summed E-state index contributed by atoms with van der Waals surface area (Å²) >= 11 is 1.41. The Kier molecular flexibility index (Phi) is 6.47. The van der Waals surface area contributed by atoms with Gasteiger partial charge in [-0.05, 0) is 97.8 Å². The van der Waals surface area contributed by atoms with Gasteiger partial charge in [-0.25, -0.2) is 4.99 Å². The van der Waals surface area contributed by atoms with Crippen molar-refractivity contribution in [2.75, 3.05) is 11.4 Å². The van der Waals surface area contributed by atoms with Crippen molar-refractivity contribution in [3.63, 3.8) is 0 Å². The van der Waals surface area contributed by atoms with Crippen molar-refractivity contribution < 1.29 is 4.79 Å².